The molecule has 0 aliphatic heterocycles. The first-order valence-corrected chi connectivity index (χ1v) is 13.1. The third-order valence-corrected chi connectivity index (χ3v) is 7.51. The molecule has 1 unspecified atom stereocenters. The highest BCUT2D eigenvalue weighted by Crippen LogP contribution is 2.39. The molecule has 0 saturated carbocycles. The lowest BCUT2D eigenvalue weighted by Crippen LogP contribution is -2.31. The number of rotatable bonds is 7. The molecule has 0 radical (unpaired) electrons. The van der Waals surface area contributed by atoms with Crippen LogP contribution in [0.15, 0.2) is 78.2 Å². The predicted octanol–water partition coefficient (Wildman–Crippen LogP) is 4.97. The summed E-state index contributed by atoms with van der Waals surface area (Å²) in [6.45, 7) is 6.57. The SMILES string of the molecule is COc1cncc(-c2ccc(C(C)(c3ccc(-c4ccc(S(C)(=O)=O)nn4)cn3)C(C)C)cc2)c1. The molecule has 0 amide bonds. The maximum atomic E-state index is 11.6. The second-order valence-corrected chi connectivity index (χ2v) is 11.0. The Bertz CT molecular complexity index is 1420. The highest BCUT2D eigenvalue weighted by atomic mass is 32.2. The summed E-state index contributed by atoms with van der Waals surface area (Å²) in [5.74, 6) is 0.998. The first-order valence-electron chi connectivity index (χ1n) is 11.2. The van der Waals surface area contributed by atoms with Crippen molar-refractivity contribution in [2.24, 2.45) is 5.92 Å². The Morgan fingerprint density at radius 3 is 2.11 bits per heavy atom. The van der Waals surface area contributed by atoms with Crippen LogP contribution < -0.4 is 4.74 Å². The quantitative estimate of drug-likeness (QED) is 0.362. The van der Waals surface area contributed by atoms with Crippen LogP contribution in [-0.4, -0.2) is 41.9 Å². The Morgan fingerprint density at radius 2 is 1.57 bits per heavy atom. The maximum absolute atomic E-state index is 11.6. The molecule has 0 aliphatic rings. The molecule has 0 aliphatic carbocycles. The number of hydrogen-bond donors (Lipinski definition) is 0. The topological polar surface area (TPSA) is 94.9 Å². The van der Waals surface area contributed by atoms with Crippen molar-refractivity contribution < 1.29 is 13.2 Å². The van der Waals surface area contributed by atoms with Gasteiger partial charge in [0.1, 0.15) is 5.75 Å². The van der Waals surface area contributed by atoms with Crippen LogP contribution in [0.2, 0.25) is 0 Å². The number of methoxy groups -OCH3 is 1. The fourth-order valence-corrected chi connectivity index (χ4v) is 4.50. The Morgan fingerprint density at radius 1 is 0.857 bits per heavy atom. The average molecular weight is 489 g/mol. The Balaban J connectivity index is 1.64. The van der Waals surface area contributed by atoms with E-state index in [9.17, 15) is 8.42 Å². The molecule has 1 atom stereocenters. The summed E-state index contributed by atoms with van der Waals surface area (Å²) < 4.78 is 28.6. The van der Waals surface area contributed by atoms with Gasteiger partial charge in [-0.3, -0.25) is 9.97 Å². The van der Waals surface area contributed by atoms with E-state index in [0.29, 0.717) is 5.69 Å². The molecule has 35 heavy (non-hydrogen) atoms. The normalized spacial score (nSPS) is 13.4. The van der Waals surface area contributed by atoms with Crippen molar-refractivity contribution in [3.8, 4) is 28.1 Å². The second-order valence-electron chi connectivity index (χ2n) is 9.01. The van der Waals surface area contributed by atoms with E-state index in [1.165, 1.54) is 6.07 Å². The minimum Gasteiger partial charge on any atom is -0.495 e. The molecule has 7 nitrogen and oxygen atoms in total. The van der Waals surface area contributed by atoms with Gasteiger partial charge >= 0.3 is 0 Å². The lowest BCUT2D eigenvalue weighted by atomic mass is 9.70. The summed E-state index contributed by atoms with van der Waals surface area (Å²) in [7, 11) is -1.76. The zero-order valence-electron chi connectivity index (χ0n) is 20.4. The second kappa shape index (κ2) is 9.54. The molecule has 8 heteroatoms. The summed E-state index contributed by atoms with van der Waals surface area (Å²) in [6, 6.07) is 17.5. The monoisotopic (exact) mass is 488 g/mol. The van der Waals surface area contributed by atoms with Crippen LogP contribution in [0.5, 0.6) is 5.75 Å². The molecule has 3 heterocycles. The number of benzene rings is 1. The highest BCUT2D eigenvalue weighted by Gasteiger charge is 2.34. The van der Waals surface area contributed by atoms with Gasteiger partial charge in [0.15, 0.2) is 14.9 Å². The number of hydrogen-bond acceptors (Lipinski definition) is 7. The Labute approximate surface area is 206 Å². The van der Waals surface area contributed by atoms with E-state index in [1.54, 1.807) is 25.6 Å². The minimum absolute atomic E-state index is 0.0496. The zero-order valence-corrected chi connectivity index (χ0v) is 21.2. The molecule has 0 fully saturated rings. The average Bonchev–Trinajstić information content (AvgIpc) is 2.88. The van der Waals surface area contributed by atoms with Gasteiger partial charge in [-0.1, -0.05) is 38.1 Å². The van der Waals surface area contributed by atoms with Gasteiger partial charge in [-0.05, 0) is 54.3 Å². The van der Waals surface area contributed by atoms with E-state index >= 15 is 0 Å². The molecular formula is C27H28N4O3S. The van der Waals surface area contributed by atoms with Crippen LogP contribution in [0.1, 0.15) is 32.0 Å². The van der Waals surface area contributed by atoms with Crippen LogP contribution in [-0.2, 0) is 15.3 Å². The van der Waals surface area contributed by atoms with Crippen molar-refractivity contribution in [2.45, 2.75) is 31.2 Å². The van der Waals surface area contributed by atoms with Crippen LogP contribution in [0, 0.1) is 5.92 Å². The zero-order chi connectivity index (χ0) is 25.2. The number of aromatic nitrogens is 4. The van der Waals surface area contributed by atoms with Crippen LogP contribution in [0.4, 0.5) is 0 Å². The van der Waals surface area contributed by atoms with Gasteiger partial charge in [-0.15, -0.1) is 10.2 Å². The molecule has 0 bridgehead atoms. The van der Waals surface area contributed by atoms with Gasteiger partial charge in [0.2, 0.25) is 0 Å². The van der Waals surface area contributed by atoms with Crippen molar-refractivity contribution in [1.82, 2.24) is 20.2 Å². The summed E-state index contributed by atoms with van der Waals surface area (Å²) in [4.78, 5) is 9.04. The van der Waals surface area contributed by atoms with Crippen LogP contribution in [0.25, 0.3) is 22.4 Å². The summed E-state index contributed by atoms with van der Waals surface area (Å²) in [5.41, 5.74) is 5.16. The molecular weight excluding hydrogens is 460 g/mol. The van der Waals surface area contributed by atoms with E-state index in [2.05, 4.69) is 60.2 Å². The van der Waals surface area contributed by atoms with E-state index in [4.69, 9.17) is 9.72 Å². The lowest BCUT2D eigenvalue weighted by Gasteiger charge is -2.34. The van der Waals surface area contributed by atoms with Gasteiger partial charge < -0.3 is 4.74 Å². The molecule has 0 saturated heterocycles. The highest BCUT2D eigenvalue weighted by molar-refractivity contribution is 7.90. The summed E-state index contributed by atoms with van der Waals surface area (Å²) in [6.07, 6.45) is 6.38. The minimum atomic E-state index is -3.39. The number of ether oxygens (including phenoxy) is 1. The smallest absolute Gasteiger partial charge is 0.194 e. The Hall–Kier alpha value is -3.65. The predicted molar refractivity (Wildman–Crippen MR) is 136 cm³/mol. The first-order chi connectivity index (χ1) is 16.6. The number of nitrogens with zero attached hydrogens (tertiary/aromatic N) is 4. The lowest BCUT2D eigenvalue weighted by molar-refractivity contribution is 0.395. The molecule has 1 aromatic carbocycles. The molecule has 4 aromatic rings. The van der Waals surface area contributed by atoms with Crippen molar-refractivity contribution in [2.75, 3.05) is 13.4 Å². The van der Waals surface area contributed by atoms with Gasteiger partial charge in [-0.2, -0.15) is 0 Å². The molecule has 0 N–H and O–H groups in total. The summed E-state index contributed by atoms with van der Waals surface area (Å²) >= 11 is 0. The number of sulfone groups is 1. The van der Waals surface area contributed by atoms with E-state index < -0.39 is 9.84 Å². The molecule has 0 spiro atoms. The van der Waals surface area contributed by atoms with E-state index in [-0.39, 0.29) is 16.4 Å². The largest absolute Gasteiger partial charge is 0.495 e. The Kier molecular flexibility index (Phi) is 6.67. The fourth-order valence-electron chi connectivity index (χ4n) is 4.00. The van der Waals surface area contributed by atoms with Crippen molar-refractivity contribution in [3.05, 3.63) is 84.4 Å². The third kappa shape index (κ3) is 4.93. The maximum Gasteiger partial charge on any atom is 0.194 e. The standard InChI is InChI=1S/C27H28N4O3S/c1-18(2)27(3,22-9-6-19(7-10-22)21-14-23(34-4)17-28-15-21)25-12-8-20(16-29-25)24-11-13-26(31-30-24)35(5,32)33/h6-18H,1-5H3. The molecule has 180 valence electrons. The van der Waals surface area contributed by atoms with Crippen LogP contribution in [0.3, 0.4) is 0 Å². The van der Waals surface area contributed by atoms with Crippen molar-refractivity contribution >= 4 is 9.84 Å². The van der Waals surface area contributed by atoms with Gasteiger partial charge in [0.05, 0.1) is 24.7 Å². The van der Waals surface area contributed by atoms with Gasteiger partial charge in [0.25, 0.3) is 0 Å². The van der Waals surface area contributed by atoms with Crippen molar-refractivity contribution in [3.63, 3.8) is 0 Å². The van der Waals surface area contributed by atoms with Crippen molar-refractivity contribution in [1.29, 1.82) is 0 Å². The first kappa shape index (κ1) is 24.5. The van der Waals surface area contributed by atoms with E-state index in [0.717, 1.165) is 40.0 Å². The van der Waals surface area contributed by atoms with Gasteiger partial charge in [-0.25, -0.2) is 8.42 Å². The fraction of sp³-hybridized carbons (Fsp3) is 0.259. The number of pyridine rings is 2. The summed E-state index contributed by atoms with van der Waals surface area (Å²) in [5, 5.41) is 7.86. The molecule has 3 aromatic heterocycles. The molecule has 4 rings (SSSR count). The third-order valence-electron chi connectivity index (χ3n) is 6.53. The van der Waals surface area contributed by atoms with Gasteiger partial charge in [0, 0.05) is 35.2 Å². The van der Waals surface area contributed by atoms with E-state index in [1.807, 2.05) is 24.4 Å². The van der Waals surface area contributed by atoms with Crippen LogP contribution >= 0.6 is 0 Å².